The highest BCUT2D eigenvalue weighted by Crippen LogP contribution is 2.61. The molecule has 0 bridgehead atoms. The van der Waals surface area contributed by atoms with Crippen LogP contribution in [-0.2, 0) is 6.42 Å². The summed E-state index contributed by atoms with van der Waals surface area (Å²) in [6.45, 7) is 2.19. The molecule has 6 heteroatoms. The Hall–Kier alpha value is -2.89. The molecule has 2 aliphatic carbocycles. The molecule has 2 aromatic carbocycles. The van der Waals surface area contributed by atoms with E-state index in [2.05, 4.69) is 29.6 Å². The Morgan fingerprint density at radius 1 is 1.18 bits per heavy atom. The molecule has 1 aliphatic heterocycles. The average molecular weight is 377 g/mol. The number of amides is 1. The van der Waals surface area contributed by atoms with Gasteiger partial charge in [-0.1, -0.05) is 24.3 Å². The number of fused-ring (bicyclic) bond motifs is 3. The van der Waals surface area contributed by atoms with Gasteiger partial charge in [-0.15, -0.1) is 0 Å². The van der Waals surface area contributed by atoms with Crippen molar-refractivity contribution in [2.24, 2.45) is 11.8 Å². The first-order valence-corrected chi connectivity index (χ1v) is 10.0. The van der Waals surface area contributed by atoms with Crippen LogP contribution in [0.15, 0.2) is 42.5 Å². The molecule has 3 unspecified atom stereocenters. The molecule has 3 atom stereocenters. The van der Waals surface area contributed by atoms with Gasteiger partial charge in [-0.2, -0.15) is 0 Å². The van der Waals surface area contributed by atoms with E-state index in [0.29, 0.717) is 30.8 Å². The predicted octanol–water partition coefficient (Wildman–Crippen LogP) is 3.83. The second kappa shape index (κ2) is 6.62. The van der Waals surface area contributed by atoms with Crippen molar-refractivity contribution in [1.82, 2.24) is 4.90 Å². The van der Waals surface area contributed by atoms with Crippen LogP contribution in [0.1, 0.15) is 40.2 Å². The highest BCUT2D eigenvalue weighted by Gasteiger charge is 2.54. The van der Waals surface area contributed by atoms with Gasteiger partial charge in [0.15, 0.2) is 0 Å². The number of likely N-dealkylation sites (tertiary alicyclic amines) is 1. The minimum atomic E-state index is -0.463. The number of hydrogen-bond donors (Lipinski definition) is 1. The fourth-order valence-electron chi connectivity index (χ4n) is 5.06. The molecule has 1 saturated heterocycles. The van der Waals surface area contributed by atoms with Crippen LogP contribution in [-0.4, -0.2) is 35.4 Å². The van der Waals surface area contributed by atoms with Crippen LogP contribution in [0, 0.1) is 22.0 Å². The number of anilines is 1. The van der Waals surface area contributed by atoms with Crippen molar-refractivity contribution in [3.63, 3.8) is 0 Å². The van der Waals surface area contributed by atoms with E-state index in [4.69, 9.17) is 0 Å². The van der Waals surface area contributed by atoms with Gasteiger partial charge in [-0.25, -0.2) is 0 Å². The molecule has 1 saturated carbocycles. The summed E-state index contributed by atoms with van der Waals surface area (Å²) in [7, 11) is 0. The number of nitrogens with one attached hydrogen (secondary N) is 1. The smallest absolute Gasteiger partial charge is 0.282 e. The Morgan fingerprint density at radius 3 is 2.75 bits per heavy atom. The molecule has 144 valence electrons. The number of benzene rings is 2. The number of rotatable bonds is 5. The van der Waals surface area contributed by atoms with E-state index in [1.165, 1.54) is 17.2 Å². The highest BCUT2D eigenvalue weighted by atomic mass is 16.6. The first kappa shape index (κ1) is 17.2. The first-order valence-electron chi connectivity index (χ1n) is 10.0. The molecule has 1 heterocycles. The van der Waals surface area contributed by atoms with Gasteiger partial charge in [0, 0.05) is 31.4 Å². The van der Waals surface area contributed by atoms with Crippen molar-refractivity contribution in [1.29, 1.82) is 0 Å². The third kappa shape index (κ3) is 2.84. The third-order valence-electron chi connectivity index (χ3n) is 6.56. The average Bonchev–Trinajstić information content (AvgIpc) is 3.07. The van der Waals surface area contributed by atoms with Gasteiger partial charge < -0.3 is 10.2 Å². The number of carbonyl (C=O) groups is 1. The largest absolute Gasteiger partial charge is 0.385 e. The van der Waals surface area contributed by atoms with Crippen molar-refractivity contribution < 1.29 is 9.72 Å². The predicted molar refractivity (Wildman–Crippen MR) is 107 cm³/mol. The van der Waals surface area contributed by atoms with Gasteiger partial charge in [-0.3, -0.25) is 14.9 Å². The minimum absolute atomic E-state index is 0.111. The van der Waals surface area contributed by atoms with Gasteiger partial charge >= 0.3 is 0 Å². The second-order valence-electron chi connectivity index (χ2n) is 8.13. The van der Waals surface area contributed by atoms with Crippen LogP contribution in [0.2, 0.25) is 0 Å². The summed E-state index contributed by atoms with van der Waals surface area (Å²) in [4.78, 5) is 25.4. The van der Waals surface area contributed by atoms with E-state index in [-0.39, 0.29) is 17.2 Å². The lowest BCUT2D eigenvalue weighted by Gasteiger charge is -2.16. The van der Waals surface area contributed by atoms with Crippen LogP contribution < -0.4 is 5.32 Å². The maximum Gasteiger partial charge on any atom is 0.282 e. The van der Waals surface area contributed by atoms with Crippen LogP contribution >= 0.6 is 0 Å². The summed E-state index contributed by atoms with van der Waals surface area (Å²) in [5.41, 5.74) is 3.82. The van der Waals surface area contributed by atoms with Crippen molar-refractivity contribution in [2.45, 2.75) is 25.2 Å². The molecule has 28 heavy (non-hydrogen) atoms. The Kier molecular flexibility index (Phi) is 4.07. The Morgan fingerprint density at radius 2 is 1.96 bits per heavy atom. The first-order chi connectivity index (χ1) is 13.6. The maximum atomic E-state index is 12.8. The molecule has 1 amide bonds. The molecule has 0 aromatic heterocycles. The van der Waals surface area contributed by atoms with E-state index in [1.54, 1.807) is 17.0 Å². The normalized spacial score (nSPS) is 24.6. The molecular weight excluding hydrogens is 354 g/mol. The molecule has 1 N–H and O–H groups in total. The number of nitro benzene ring substituents is 1. The summed E-state index contributed by atoms with van der Waals surface area (Å²) < 4.78 is 0. The van der Waals surface area contributed by atoms with Crippen LogP contribution in [0.3, 0.4) is 0 Å². The summed E-state index contributed by atoms with van der Waals surface area (Å²) in [5, 5.41) is 14.8. The molecule has 6 nitrogen and oxygen atoms in total. The van der Waals surface area contributed by atoms with Crippen molar-refractivity contribution in [3.05, 3.63) is 69.3 Å². The Labute approximate surface area is 163 Å². The van der Waals surface area contributed by atoms with Crippen molar-refractivity contribution in [3.8, 4) is 0 Å². The number of hydrogen-bond acceptors (Lipinski definition) is 4. The fraction of sp³-hybridized carbons (Fsp3) is 0.409. The third-order valence-corrected chi connectivity index (χ3v) is 6.56. The van der Waals surface area contributed by atoms with Gasteiger partial charge in [0.05, 0.1) is 4.92 Å². The standard InChI is InChI=1S/C22H23N3O3/c26-22(24-9-3-4-10-24)18-12-15(7-8-20(18)25(27)28)23-13-19-17-11-14-5-1-2-6-16(14)21(17)19/h1-2,5-8,12,17,19,21,23H,3-4,9-11,13H2. The molecule has 5 rings (SSSR count). The second-order valence-corrected chi connectivity index (χ2v) is 8.13. The molecule has 0 radical (unpaired) electrons. The van der Waals surface area contributed by atoms with Crippen LogP contribution in [0.25, 0.3) is 0 Å². The van der Waals surface area contributed by atoms with E-state index >= 15 is 0 Å². The minimum Gasteiger partial charge on any atom is -0.385 e. The maximum absolute atomic E-state index is 12.8. The zero-order valence-corrected chi connectivity index (χ0v) is 15.6. The highest BCUT2D eigenvalue weighted by molar-refractivity contribution is 5.99. The lowest BCUT2D eigenvalue weighted by Crippen LogP contribution is -2.28. The lowest BCUT2D eigenvalue weighted by atomic mass is 10.0. The monoisotopic (exact) mass is 377 g/mol. The zero-order valence-electron chi connectivity index (χ0n) is 15.6. The summed E-state index contributed by atoms with van der Waals surface area (Å²) in [5.74, 6) is 1.70. The van der Waals surface area contributed by atoms with Crippen molar-refractivity contribution in [2.75, 3.05) is 25.0 Å². The molecule has 2 aromatic rings. The fourth-order valence-corrected chi connectivity index (χ4v) is 5.06. The van der Waals surface area contributed by atoms with Crippen LogP contribution in [0.4, 0.5) is 11.4 Å². The van der Waals surface area contributed by atoms with E-state index in [1.807, 2.05) is 0 Å². The van der Waals surface area contributed by atoms with E-state index in [9.17, 15) is 14.9 Å². The number of nitrogens with zero attached hydrogens (tertiary/aromatic N) is 2. The van der Waals surface area contributed by atoms with Gasteiger partial charge in [0.1, 0.15) is 5.56 Å². The zero-order chi connectivity index (χ0) is 19.3. The summed E-state index contributed by atoms with van der Waals surface area (Å²) >= 11 is 0. The topological polar surface area (TPSA) is 75.5 Å². The Bertz CT molecular complexity index is 952. The molecular formula is C22H23N3O3. The number of nitro groups is 1. The summed E-state index contributed by atoms with van der Waals surface area (Å²) in [6, 6.07) is 13.5. The molecule has 0 spiro atoms. The van der Waals surface area contributed by atoms with Gasteiger partial charge in [0.25, 0.3) is 11.6 Å². The quantitative estimate of drug-likeness (QED) is 0.635. The molecule has 3 aliphatic rings. The molecule has 2 fully saturated rings. The van der Waals surface area contributed by atoms with Crippen LogP contribution in [0.5, 0.6) is 0 Å². The van der Waals surface area contributed by atoms with E-state index < -0.39 is 4.92 Å². The number of carbonyl (C=O) groups excluding carboxylic acids is 1. The van der Waals surface area contributed by atoms with E-state index in [0.717, 1.165) is 31.5 Å². The van der Waals surface area contributed by atoms with Gasteiger partial charge in [0.2, 0.25) is 0 Å². The van der Waals surface area contributed by atoms with Crippen molar-refractivity contribution >= 4 is 17.3 Å². The SMILES string of the molecule is O=C(c1cc(NCC2C3Cc4ccccc4C23)ccc1[N+](=O)[O-])N1CCCC1. The lowest BCUT2D eigenvalue weighted by molar-refractivity contribution is -0.385. The van der Waals surface area contributed by atoms with Gasteiger partial charge in [-0.05, 0) is 60.3 Å². The summed E-state index contributed by atoms with van der Waals surface area (Å²) in [6.07, 6.45) is 3.07. The Balaban J connectivity index is 1.31.